The van der Waals surface area contributed by atoms with Gasteiger partial charge in [0.15, 0.2) is 0 Å². The van der Waals surface area contributed by atoms with Gasteiger partial charge in [0.05, 0.1) is 37.1 Å². The Morgan fingerprint density at radius 2 is 1.97 bits per heavy atom. The molecule has 0 bridgehead atoms. The average molecular weight is 461 g/mol. The van der Waals surface area contributed by atoms with Crippen LogP contribution in [0.15, 0.2) is 18.2 Å². The van der Waals surface area contributed by atoms with Crippen molar-refractivity contribution in [3.8, 4) is 5.75 Å². The molecule has 6 rings (SSSR count). The number of aromatic nitrogens is 1. The van der Waals surface area contributed by atoms with E-state index in [0.29, 0.717) is 50.4 Å². The number of piperidine rings is 1. The number of nitrogen functional groups attached to an aromatic ring is 1. The molecule has 1 aromatic carbocycles. The van der Waals surface area contributed by atoms with Crippen LogP contribution in [0.4, 0.5) is 19.0 Å². The summed E-state index contributed by atoms with van der Waals surface area (Å²) < 4.78 is 56.8. The molecule has 5 heterocycles. The van der Waals surface area contributed by atoms with Crippen LogP contribution in [0.2, 0.25) is 0 Å². The number of likely N-dealkylation sites (tertiary alicyclic amines) is 1. The number of rotatable bonds is 1. The fourth-order valence-corrected chi connectivity index (χ4v) is 5.43. The maximum atomic E-state index is 13.6. The Kier molecular flexibility index (Phi) is 4.60. The summed E-state index contributed by atoms with van der Waals surface area (Å²) in [6.07, 6.45) is -3.78. The van der Waals surface area contributed by atoms with Gasteiger partial charge in [-0.3, -0.25) is 4.79 Å². The van der Waals surface area contributed by atoms with Crippen LogP contribution in [-0.2, 0) is 46.7 Å². The fraction of sp³-hybridized carbons (Fsp3) is 0.478. The third-order valence-electron chi connectivity index (χ3n) is 7.02. The van der Waals surface area contributed by atoms with Crippen LogP contribution in [0.25, 0.3) is 0 Å². The summed E-state index contributed by atoms with van der Waals surface area (Å²) in [6.45, 7) is 1.51. The third kappa shape index (κ3) is 3.26. The van der Waals surface area contributed by atoms with Crippen molar-refractivity contribution in [3.63, 3.8) is 0 Å². The van der Waals surface area contributed by atoms with E-state index in [1.54, 1.807) is 4.90 Å². The molecule has 1 aromatic heterocycles. The number of alkyl halides is 3. The lowest BCUT2D eigenvalue weighted by Gasteiger charge is -2.39. The molecule has 0 unspecified atom stereocenters. The monoisotopic (exact) mass is 461 g/mol. The van der Waals surface area contributed by atoms with Crippen molar-refractivity contribution in [2.24, 2.45) is 0 Å². The first-order valence-corrected chi connectivity index (χ1v) is 11.0. The Hall–Kier alpha value is -2.85. The SMILES string of the molecule is Nc1nc2c(c3c1COC3)C[C@H](C(=O)N1CCC[C@@H]3Oc4cc(C(F)(F)F)ccc4[C@@H]31)OC2. The Morgan fingerprint density at radius 3 is 2.79 bits per heavy atom. The molecule has 4 aliphatic rings. The van der Waals surface area contributed by atoms with Crippen molar-refractivity contribution in [2.75, 3.05) is 12.3 Å². The highest BCUT2D eigenvalue weighted by molar-refractivity contribution is 5.82. The van der Waals surface area contributed by atoms with Crippen LogP contribution >= 0.6 is 0 Å². The van der Waals surface area contributed by atoms with E-state index in [2.05, 4.69) is 4.98 Å². The summed E-state index contributed by atoms with van der Waals surface area (Å²) in [6, 6.07) is 3.09. The van der Waals surface area contributed by atoms with Crippen LogP contribution in [0.5, 0.6) is 5.75 Å². The standard InChI is InChI=1S/C23H22F3N3O4/c24-23(25,26)11-3-4-12-18(6-11)33-17-2-1-5-29(20(12)17)22(30)19-7-13-14-8-31-9-15(14)21(27)28-16(13)10-32-19/h3-4,6,17,19-20H,1-2,5,7-10H2,(H2,27,28)/t17-,19+,20-/m0/s1. The van der Waals surface area contributed by atoms with Gasteiger partial charge in [0.25, 0.3) is 5.91 Å². The number of ether oxygens (including phenoxy) is 3. The summed E-state index contributed by atoms with van der Waals surface area (Å²) in [4.78, 5) is 19.7. The highest BCUT2D eigenvalue weighted by atomic mass is 19.4. The minimum atomic E-state index is -4.45. The molecule has 10 heteroatoms. The molecule has 0 aliphatic carbocycles. The second kappa shape index (κ2) is 7.33. The Bertz CT molecular complexity index is 1150. The molecule has 0 spiro atoms. The molecule has 0 radical (unpaired) electrons. The van der Waals surface area contributed by atoms with Gasteiger partial charge < -0.3 is 24.8 Å². The Labute approximate surface area is 187 Å². The van der Waals surface area contributed by atoms with E-state index in [1.165, 1.54) is 6.07 Å². The number of pyridine rings is 1. The number of hydrogen-bond donors (Lipinski definition) is 1. The topological polar surface area (TPSA) is 86.9 Å². The van der Waals surface area contributed by atoms with E-state index in [4.69, 9.17) is 19.9 Å². The van der Waals surface area contributed by atoms with Gasteiger partial charge >= 0.3 is 6.18 Å². The molecule has 33 heavy (non-hydrogen) atoms. The molecule has 1 saturated heterocycles. The lowest BCUT2D eigenvalue weighted by atomic mass is 9.91. The fourth-order valence-electron chi connectivity index (χ4n) is 5.43. The predicted octanol–water partition coefficient (Wildman–Crippen LogP) is 3.28. The average Bonchev–Trinajstić information content (AvgIpc) is 3.43. The third-order valence-corrected chi connectivity index (χ3v) is 7.02. The number of halogens is 3. The zero-order valence-corrected chi connectivity index (χ0v) is 17.7. The van der Waals surface area contributed by atoms with Crippen molar-refractivity contribution >= 4 is 11.7 Å². The predicted molar refractivity (Wildman–Crippen MR) is 109 cm³/mol. The number of fused-ring (bicyclic) bond motifs is 6. The second-order valence-corrected chi connectivity index (χ2v) is 8.90. The van der Waals surface area contributed by atoms with Gasteiger partial charge in [0, 0.05) is 24.1 Å². The van der Waals surface area contributed by atoms with Crippen molar-refractivity contribution < 1.29 is 32.2 Å². The lowest BCUT2D eigenvalue weighted by molar-refractivity contribution is -0.151. The number of benzene rings is 1. The van der Waals surface area contributed by atoms with Crippen LogP contribution in [0.1, 0.15) is 52.4 Å². The molecule has 7 nitrogen and oxygen atoms in total. The number of nitrogens with two attached hydrogens (primary N) is 1. The first-order chi connectivity index (χ1) is 15.8. The molecule has 3 atom stereocenters. The van der Waals surface area contributed by atoms with Crippen LogP contribution in [0.3, 0.4) is 0 Å². The molecule has 1 amide bonds. The number of anilines is 1. The molecule has 2 N–H and O–H groups in total. The number of amides is 1. The summed E-state index contributed by atoms with van der Waals surface area (Å²) >= 11 is 0. The molecule has 1 fully saturated rings. The smallest absolute Gasteiger partial charge is 0.416 e. The summed E-state index contributed by atoms with van der Waals surface area (Å²) in [5, 5.41) is 0. The molecule has 0 saturated carbocycles. The molecular formula is C23H22F3N3O4. The number of nitrogens with zero attached hydrogens (tertiary/aromatic N) is 2. The van der Waals surface area contributed by atoms with E-state index in [-0.39, 0.29) is 24.4 Å². The highest BCUT2D eigenvalue weighted by Crippen LogP contribution is 2.47. The van der Waals surface area contributed by atoms with E-state index >= 15 is 0 Å². The van der Waals surface area contributed by atoms with Gasteiger partial charge in [-0.05, 0) is 36.1 Å². The summed E-state index contributed by atoms with van der Waals surface area (Å²) in [5.41, 5.74) is 9.44. The molecule has 174 valence electrons. The largest absolute Gasteiger partial charge is 0.488 e. The van der Waals surface area contributed by atoms with Crippen molar-refractivity contribution in [1.29, 1.82) is 0 Å². The van der Waals surface area contributed by atoms with Crippen LogP contribution < -0.4 is 10.5 Å². The first kappa shape index (κ1) is 20.7. The Balaban J connectivity index is 1.29. The zero-order valence-electron chi connectivity index (χ0n) is 17.7. The maximum absolute atomic E-state index is 13.6. The maximum Gasteiger partial charge on any atom is 0.416 e. The van der Waals surface area contributed by atoms with E-state index < -0.39 is 23.9 Å². The quantitative estimate of drug-likeness (QED) is 0.702. The summed E-state index contributed by atoms with van der Waals surface area (Å²) in [5.74, 6) is 0.451. The highest BCUT2D eigenvalue weighted by Gasteiger charge is 2.46. The molecule has 4 aliphatic heterocycles. The molecular weight excluding hydrogens is 439 g/mol. The van der Waals surface area contributed by atoms with Crippen molar-refractivity contribution in [2.45, 2.75) is 63.5 Å². The van der Waals surface area contributed by atoms with Crippen LogP contribution in [0, 0.1) is 0 Å². The van der Waals surface area contributed by atoms with Crippen molar-refractivity contribution in [3.05, 3.63) is 51.7 Å². The van der Waals surface area contributed by atoms with Crippen LogP contribution in [-0.4, -0.2) is 34.5 Å². The van der Waals surface area contributed by atoms with Gasteiger partial charge in [-0.1, -0.05) is 6.07 Å². The molecule has 2 aromatic rings. The normalized spacial score (nSPS) is 25.7. The lowest BCUT2D eigenvalue weighted by Crippen LogP contribution is -2.50. The number of hydrogen-bond acceptors (Lipinski definition) is 6. The van der Waals surface area contributed by atoms with Gasteiger partial charge in [-0.2, -0.15) is 13.2 Å². The number of carbonyl (C=O) groups excluding carboxylic acids is 1. The first-order valence-electron chi connectivity index (χ1n) is 11.0. The van der Waals surface area contributed by atoms with E-state index in [9.17, 15) is 18.0 Å². The minimum absolute atomic E-state index is 0.174. The Morgan fingerprint density at radius 1 is 1.15 bits per heavy atom. The van der Waals surface area contributed by atoms with Gasteiger partial charge in [0.2, 0.25) is 0 Å². The zero-order chi connectivity index (χ0) is 22.9. The van der Waals surface area contributed by atoms with Crippen molar-refractivity contribution in [1.82, 2.24) is 9.88 Å². The van der Waals surface area contributed by atoms with Gasteiger partial charge in [-0.15, -0.1) is 0 Å². The van der Waals surface area contributed by atoms with Gasteiger partial charge in [0.1, 0.15) is 23.8 Å². The summed E-state index contributed by atoms with van der Waals surface area (Å²) in [7, 11) is 0. The second-order valence-electron chi connectivity index (χ2n) is 8.90. The van der Waals surface area contributed by atoms with E-state index in [0.717, 1.165) is 34.5 Å². The van der Waals surface area contributed by atoms with E-state index in [1.807, 2.05) is 0 Å². The number of carbonyl (C=O) groups is 1. The minimum Gasteiger partial charge on any atom is -0.488 e. The van der Waals surface area contributed by atoms with Gasteiger partial charge in [-0.25, -0.2) is 4.98 Å².